The molecule has 0 amide bonds. The maximum atomic E-state index is 6.22. The van der Waals surface area contributed by atoms with Gasteiger partial charge in [0.25, 0.3) is 0 Å². The van der Waals surface area contributed by atoms with Crippen LogP contribution in [-0.2, 0) is 4.74 Å². The number of ether oxygens (including phenoxy) is 1. The summed E-state index contributed by atoms with van der Waals surface area (Å²) in [4.78, 5) is 0. The molecule has 1 nitrogen and oxygen atoms in total. The fraction of sp³-hybridized carbons (Fsp3) is 0.444. The number of hydrogen-bond acceptors (Lipinski definition) is 1. The molecule has 1 heteroatoms. The van der Waals surface area contributed by atoms with Crippen LogP contribution in [0.4, 0.5) is 0 Å². The van der Waals surface area contributed by atoms with E-state index in [1.807, 2.05) is 25.1 Å². The molecule has 0 heterocycles. The highest BCUT2D eigenvalue weighted by Crippen LogP contribution is 2.37. The molecule has 0 N–H and O–H groups in total. The van der Waals surface area contributed by atoms with Gasteiger partial charge >= 0.3 is 0 Å². The molecule has 1 atom stereocenters. The zero-order chi connectivity index (χ0) is 13.9. The molecular weight excluding hydrogens is 232 g/mol. The van der Waals surface area contributed by atoms with Crippen molar-refractivity contribution in [1.82, 2.24) is 0 Å². The van der Waals surface area contributed by atoms with Crippen molar-refractivity contribution in [3.05, 3.63) is 53.6 Å². The lowest BCUT2D eigenvalue weighted by atomic mass is 9.76. The molecule has 0 bridgehead atoms. The zero-order valence-corrected chi connectivity index (χ0v) is 12.4. The summed E-state index contributed by atoms with van der Waals surface area (Å²) in [5.41, 5.74) is 2.92. The maximum Gasteiger partial charge on any atom is 0.123 e. The third-order valence-corrected chi connectivity index (χ3v) is 3.58. The van der Waals surface area contributed by atoms with Gasteiger partial charge in [-0.05, 0) is 44.3 Å². The SMILES string of the molecule is C/C=C(\OC1C=C(C)CC(C)(C)C1)c1ccccc1. The Morgan fingerprint density at radius 2 is 1.95 bits per heavy atom. The number of rotatable bonds is 3. The van der Waals surface area contributed by atoms with E-state index in [1.54, 1.807) is 0 Å². The van der Waals surface area contributed by atoms with E-state index in [9.17, 15) is 0 Å². The quantitative estimate of drug-likeness (QED) is 0.533. The van der Waals surface area contributed by atoms with Gasteiger partial charge in [0.15, 0.2) is 0 Å². The first-order valence-corrected chi connectivity index (χ1v) is 7.06. The Balaban J connectivity index is 2.14. The standard InChI is InChI=1S/C18H24O/c1-5-17(15-9-7-6-8-10-15)19-16-11-14(2)12-18(3,4)13-16/h5-11,16H,12-13H2,1-4H3/b17-5-. The summed E-state index contributed by atoms with van der Waals surface area (Å²) >= 11 is 0. The van der Waals surface area contributed by atoms with Gasteiger partial charge in [-0.3, -0.25) is 0 Å². The minimum Gasteiger partial charge on any atom is -0.486 e. The van der Waals surface area contributed by atoms with E-state index in [0.29, 0.717) is 5.41 Å². The van der Waals surface area contributed by atoms with Gasteiger partial charge < -0.3 is 4.74 Å². The Bertz CT molecular complexity index is 480. The predicted octanol–water partition coefficient (Wildman–Crippen LogP) is 5.20. The van der Waals surface area contributed by atoms with E-state index >= 15 is 0 Å². The van der Waals surface area contributed by atoms with Crippen LogP contribution in [-0.4, -0.2) is 6.10 Å². The second kappa shape index (κ2) is 5.64. The van der Waals surface area contributed by atoms with Gasteiger partial charge in [-0.15, -0.1) is 0 Å². The highest BCUT2D eigenvalue weighted by Gasteiger charge is 2.28. The van der Waals surface area contributed by atoms with Crippen molar-refractivity contribution in [3.8, 4) is 0 Å². The Morgan fingerprint density at radius 1 is 1.26 bits per heavy atom. The van der Waals surface area contributed by atoms with Crippen molar-refractivity contribution in [2.45, 2.75) is 46.6 Å². The summed E-state index contributed by atoms with van der Waals surface area (Å²) < 4.78 is 6.22. The number of benzene rings is 1. The van der Waals surface area contributed by atoms with E-state index < -0.39 is 0 Å². The van der Waals surface area contributed by atoms with Gasteiger partial charge in [0.05, 0.1) is 0 Å². The van der Waals surface area contributed by atoms with Crippen molar-refractivity contribution < 1.29 is 4.74 Å². The van der Waals surface area contributed by atoms with Crippen LogP contribution in [0.3, 0.4) is 0 Å². The Hall–Kier alpha value is -1.50. The van der Waals surface area contributed by atoms with Crippen LogP contribution in [0.5, 0.6) is 0 Å². The van der Waals surface area contributed by atoms with Crippen LogP contribution in [0.25, 0.3) is 5.76 Å². The molecule has 1 aromatic rings. The predicted molar refractivity (Wildman–Crippen MR) is 81.7 cm³/mol. The van der Waals surface area contributed by atoms with E-state index in [0.717, 1.165) is 17.7 Å². The maximum absolute atomic E-state index is 6.22. The van der Waals surface area contributed by atoms with Crippen LogP contribution >= 0.6 is 0 Å². The van der Waals surface area contributed by atoms with Crippen molar-refractivity contribution >= 4 is 5.76 Å². The minimum absolute atomic E-state index is 0.190. The normalized spacial score (nSPS) is 22.8. The van der Waals surface area contributed by atoms with Gasteiger partial charge in [0.2, 0.25) is 0 Å². The molecule has 0 spiro atoms. The monoisotopic (exact) mass is 256 g/mol. The Morgan fingerprint density at radius 3 is 2.53 bits per heavy atom. The van der Waals surface area contributed by atoms with Gasteiger partial charge in [0, 0.05) is 5.56 Å². The lowest BCUT2D eigenvalue weighted by molar-refractivity contribution is 0.134. The fourth-order valence-corrected chi connectivity index (χ4v) is 2.95. The third kappa shape index (κ3) is 3.73. The Labute approximate surface area is 117 Å². The molecule has 0 saturated carbocycles. The number of allylic oxidation sites excluding steroid dienone is 2. The van der Waals surface area contributed by atoms with Crippen LogP contribution in [0.15, 0.2) is 48.1 Å². The van der Waals surface area contributed by atoms with Crippen molar-refractivity contribution in [2.75, 3.05) is 0 Å². The van der Waals surface area contributed by atoms with Gasteiger partial charge in [0.1, 0.15) is 11.9 Å². The fourth-order valence-electron chi connectivity index (χ4n) is 2.95. The molecule has 0 radical (unpaired) electrons. The highest BCUT2D eigenvalue weighted by molar-refractivity contribution is 5.59. The molecule has 1 unspecified atom stereocenters. The summed E-state index contributed by atoms with van der Waals surface area (Å²) in [7, 11) is 0. The molecule has 102 valence electrons. The van der Waals surface area contributed by atoms with E-state index in [-0.39, 0.29) is 6.10 Å². The smallest absolute Gasteiger partial charge is 0.123 e. The molecule has 0 aromatic heterocycles. The first-order valence-electron chi connectivity index (χ1n) is 7.06. The molecule has 0 aliphatic heterocycles. The summed E-state index contributed by atoms with van der Waals surface area (Å²) in [5, 5.41) is 0. The summed E-state index contributed by atoms with van der Waals surface area (Å²) in [6, 6.07) is 10.3. The molecule has 2 rings (SSSR count). The average Bonchev–Trinajstić information content (AvgIpc) is 2.34. The second-order valence-corrected chi connectivity index (χ2v) is 6.23. The van der Waals surface area contributed by atoms with Gasteiger partial charge in [-0.2, -0.15) is 0 Å². The average molecular weight is 256 g/mol. The molecule has 1 aliphatic carbocycles. The Kier molecular flexibility index (Phi) is 4.14. The van der Waals surface area contributed by atoms with Crippen LogP contribution < -0.4 is 0 Å². The van der Waals surface area contributed by atoms with Crippen molar-refractivity contribution in [3.63, 3.8) is 0 Å². The third-order valence-electron chi connectivity index (χ3n) is 3.58. The number of hydrogen-bond donors (Lipinski definition) is 0. The largest absolute Gasteiger partial charge is 0.486 e. The van der Waals surface area contributed by atoms with Crippen LogP contribution in [0.2, 0.25) is 0 Å². The molecule has 19 heavy (non-hydrogen) atoms. The molecule has 1 aliphatic rings. The van der Waals surface area contributed by atoms with Gasteiger partial charge in [-0.25, -0.2) is 0 Å². The lowest BCUT2D eigenvalue weighted by Gasteiger charge is -2.34. The first-order chi connectivity index (χ1) is 9.00. The van der Waals surface area contributed by atoms with Crippen molar-refractivity contribution in [1.29, 1.82) is 0 Å². The van der Waals surface area contributed by atoms with Crippen LogP contribution in [0, 0.1) is 5.41 Å². The van der Waals surface area contributed by atoms with Crippen LogP contribution in [0.1, 0.15) is 46.1 Å². The van der Waals surface area contributed by atoms with Crippen molar-refractivity contribution in [2.24, 2.45) is 5.41 Å². The summed E-state index contributed by atoms with van der Waals surface area (Å²) in [5.74, 6) is 0.979. The lowest BCUT2D eigenvalue weighted by Crippen LogP contribution is -2.26. The van der Waals surface area contributed by atoms with Gasteiger partial charge in [-0.1, -0.05) is 49.8 Å². The topological polar surface area (TPSA) is 9.23 Å². The van der Waals surface area contributed by atoms with E-state index in [1.165, 1.54) is 12.0 Å². The summed E-state index contributed by atoms with van der Waals surface area (Å²) in [6.07, 6.45) is 6.77. The van der Waals surface area contributed by atoms with E-state index in [2.05, 4.69) is 45.1 Å². The summed E-state index contributed by atoms with van der Waals surface area (Å²) in [6.45, 7) is 8.87. The second-order valence-electron chi connectivity index (χ2n) is 6.23. The van der Waals surface area contributed by atoms with E-state index in [4.69, 9.17) is 4.74 Å². The zero-order valence-electron chi connectivity index (χ0n) is 12.4. The minimum atomic E-state index is 0.190. The molecule has 1 aromatic carbocycles. The highest BCUT2D eigenvalue weighted by atomic mass is 16.5. The molecule has 0 fully saturated rings. The molecular formula is C18H24O. The first kappa shape index (κ1) is 13.9. The molecule has 0 saturated heterocycles.